The topological polar surface area (TPSA) is 75.9 Å². The number of hydrogen-bond acceptors (Lipinski definition) is 7. The van der Waals surface area contributed by atoms with E-state index in [9.17, 15) is 4.79 Å². The first-order chi connectivity index (χ1) is 13.3. The quantitative estimate of drug-likeness (QED) is 0.684. The molecule has 1 atom stereocenters. The summed E-state index contributed by atoms with van der Waals surface area (Å²) in [5.41, 5.74) is 1.75. The molecule has 0 saturated carbocycles. The summed E-state index contributed by atoms with van der Waals surface area (Å²) in [6.45, 7) is 3.60. The lowest BCUT2D eigenvalue weighted by Gasteiger charge is -2.36. The number of piperazine rings is 1. The summed E-state index contributed by atoms with van der Waals surface area (Å²) < 4.78 is 7.33. The molecule has 0 bridgehead atoms. The molecular formula is C18H20N6O2S. The van der Waals surface area contributed by atoms with E-state index in [1.807, 2.05) is 33.9 Å². The lowest BCUT2D eigenvalue weighted by molar-refractivity contribution is -0.141. The van der Waals surface area contributed by atoms with E-state index in [1.165, 1.54) is 0 Å². The third-order valence-corrected chi connectivity index (χ3v) is 5.83. The van der Waals surface area contributed by atoms with Crippen molar-refractivity contribution in [2.75, 3.05) is 37.7 Å². The third-order valence-electron chi connectivity index (χ3n) is 5.15. The lowest BCUT2D eigenvalue weighted by atomic mass is 10.2. The van der Waals surface area contributed by atoms with Crippen LogP contribution in [0.4, 0.5) is 5.82 Å². The van der Waals surface area contributed by atoms with Crippen molar-refractivity contribution in [3.63, 3.8) is 0 Å². The number of thiophene rings is 1. The Labute approximate surface area is 160 Å². The summed E-state index contributed by atoms with van der Waals surface area (Å²) in [7, 11) is 0. The molecule has 5 heterocycles. The van der Waals surface area contributed by atoms with Crippen LogP contribution in [-0.2, 0) is 9.53 Å². The lowest BCUT2D eigenvalue weighted by Crippen LogP contribution is -2.51. The molecule has 0 aromatic carbocycles. The first-order valence-electron chi connectivity index (χ1n) is 9.20. The molecule has 3 aromatic heterocycles. The van der Waals surface area contributed by atoms with Crippen LogP contribution in [0.5, 0.6) is 0 Å². The second-order valence-electron chi connectivity index (χ2n) is 6.81. The van der Waals surface area contributed by atoms with Gasteiger partial charge in [-0.25, -0.2) is 0 Å². The van der Waals surface area contributed by atoms with Crippen molar-refractivity contribution in [3.8, 4) is 11.4 Å². The molecule has 0 radical (unpaired) electrons. The van der Waals surface area contributed by atoms with Gasteiger partial charge in [-0.15, -0.1) is 15.3 Å². The van der Waals surface area contributed by atoms with Gasteiger partial charge in [0.1, 0.15) is 11.9 Å². The molecule has 3 aromatic rings. The van der Waals surface area contributed by atoms with Gasteiger partial charge < -0.3 is 14.5 Å². The summed E-state index contributed by atoms with van der Waals surface area (Å²) in [6.07, 6.45) is 1.58. The maximum Gasteiger partial charge on any atom is 0.251 e. The van der Waals surface area contributed by atoms with Gasteiger partial charge >= 0.3 is 0 Å². The Kier molecular flexibility index (Phi) is 4.25. The van der Waals surface area contributed by atoms with Gasteiger partial charge in [-0.1, -0.05) is 0 Å². The van der Waals surface area contributed by atoms with Crippen molar-refractivity contribution in [2.24, 2.45) is 0 Å². The summed E-state index contributed by atoms with van der Waals surface area (Å²) >= 11 is 1.62. The smallest absolute Gasteiger partial charge is 0.251 e. The number of carbonyl (C=O) groups is 1. The third kappa shape index (κ3) is 3.06. The second kappa shape index (κ2) is 6.90. The molecule has 2 fully saturated rings. The molecule has 1 unspecified atom stereocenters. The Hall–Kier alpha value is -2.52. The van der Waals surface area contributed by atoms with Crippen LogP contribution in [0, 0.1) is 0 Å². The van der Waals surface area contributed by atoms with E-state index in [2.05, 4.69) is 15.1 Å². The number of anilines is 1. The molecule has 9 heteroatoms. The first-order valence-corrected chi connectivity index (χ1v) is 10.1. The molecule has 27 heavy (non-hydrogen) atoms. The summed E-state index contributed by atoms with van der Waals surface area (Å²) in [6, 6.07) is 5.93. The fourth-order valence-corrected chi connectivity index (χ4v) is 4.29. The molecule has 5 rings (SSSR count). The van der Waals surface area contributed by atoms with Crippen LogP contribution in [0.15, 0.2) is 29.0 Å². The van der Waals surface area contributed by atoms with E-state index in [-0.39, 0.29) is 12.0 Å². The van der Waals surface area contributed by atoms with Gasteiger partial charge in [0, 0.05) is 43.7 Å². The average Bonchev–Trinajstić information content (AvgIpc) is 3.48. The average molecular weight is 384 g/mol. The van der Waals surface area contributed by atoms with Crippen molar-refractivity contribution < 1.29 is 9.53 Å². The van der Waals surface area contributed by atoms with Crippen LogP contribution < -0.4 is 4.90 Å². The number of ether oxygens (including phenoxy) is 1. The number of hydrogen-bond donors (Lipinski definition) is 0. The number of rotatable bonds is 3. The molecule has 0 aliphatic carbocycles. The molecule has 2 aliphatic rings. The van der Waals surface area contributed by atoms with Gasteiger partial charge in [0.25, 0.3) is 5.91 Å². The van der Waals surface area contributed by atoms with E-state index in [1.54, 1.807) is 15.9 Å². The van der Waals surface area contributed by atoms with Crippen molar-refractivity contribution in [1.82, 2.24) is 24.7 Å². The summed E-state index contributed by atoms with van der Waals surface area (Å²) in [5.74, 6) is 1.76. The standard InChI is InChI=1S/C18H20N6O2S/c25-18(14-2-1-10-26-14)23-8-6-22(7-9-23)16-4-3-15-19-20-17(24(15)21-16)13-5-11-27-12-13/h3-5,11-12,14H,1-2,6-10H2. The SMILES string of the molecule is O=C(C1CCCO1)N1CCN(c2ccc3nnc(-c4ccsc4)n3n2)CC1. The predicted molar refractivity (Wildman–Crippen MR) is 102 cm³/mol. The van der Waals surface area contributed by atoms with E-state index < -0.39 is 0 Å². The number of carbonyl (C=O) groups excluding carboxylic acids is 1. The van der Waals surface area contributed by atoms with Crippen LogP contribution in [0.1, 0.15) is 12.8 Å². The Bertz CT molecular complexity index is 942. The maximum absolute atomic E-state index is 12.5. The highest BCUT2D eigenvalue weighted by Crippen LogP contribution is 2.22. The van der Waals surface area contributed by atoms with E-state index in [0.29, 0.717) is 19.7 Å². The minimum absolute atomic E-state index is 0.133. The zero-order valence-corrected chi connectivity index (χ0v) is 15.6. The van der Waals surface area contributed by atoms with Crippen LogP contribution in [0.2, 0.25) is 0 Å². The summed E-state index contributed by atoms with van der Waals surface area (Å²) in [5, 5.41) is 17.3. The fourth-order valence-electron chi connectivity index (χ4n) is 3.65. The fraction of sp³-hybridized carbons (Fsp3) is 0.444. The molecule has 2 saturated heterocycles. The van der Waals surface area contributed by atoms with Crippen LogP contribution in [0.3, 0.4) is 0 Å². The van der Waals surface area contributed by atoms with Gasteiger partial charge in [-0.2, -0.15) is 15.9 Å². The van der Waals surface area contributed by atoms with Gasteiger partial charge in [0.2, 0.25) is 0 Å². The minimum atomic E-state index is -0.240. The second-order valence-corrected chi connectivity index (χ2v) is 7.59. The Morgan fingerprint density at radius 2 is 2.04 bits per heavy atom. The van der Waals surface area contributed by atoms with E-state index >= 15 is 0 Å². The highest BCUT2D eigenvalue weighted by molar-refractivity contribution is 7.08. The number of nitrogens with zero attached hydrogens (tertiary/aromatic N) is 6. The zero-order valence-electron chi connectivity index (χ0n) is 14.8. The van der Waals surface area contributed by atoms with Crippen LogP contribution in [0.25, 0.3) is 17.0 Å². The number of fused-ring (bicyclic) bond motifs is 1. The first kappa shape index (κ1) is 16.6. The predicted octanol–water partition coefficient (Wildman–Crippen LogP) is 1.68. The highest BCUT2D eigenvalue weighted by Gasteiger charge is 2.30. The zero-order chi connectivity index (χ0) is 18.2. The monoisotopic (exact) mass is 384 g/mol. The van der Waals surface area contributed by atoms with Crippen molar-refractivity contribution in [1.29, 1.82) is 0 Å². The van der Waals surface area contributed by atoms with Crippen molar-refractivity contribution >= 4 is 28.7 Å². The van der Waals surface area contributed by atoms with Crippen LogP contribution >= 0.6 is 11.3 Å². The number of aromatic nitrogens is 4. The molecular weight excluding hydrogens is 364 g/mol. The minimum Gasteiger partial charge on any atom is -0.368 e. The highest BCUT2D eigenvalue weighted by atomic mass is 32.1. The molecule has 0 spiro atoms. The Morgan fingerprint density at radius 1 is 1.15 bits per heavy atom. The van der Waals surface area contributed by atoms with Gasteiger partial charge in [0.05, 0.1) is 0 Å². The molecule has 140 valence electrons. The number of amides is 1. The van der Waals surface area contributed by atoms with Crippen molar-refractivity contribution in [3.05, 3.63) is 29.0 Å². The van der Waals surface area contributed by atoms with E-state index in [0.717, 1.165) is 48.8 Å². The van der Waals surface area contributed by atoms with Crippen LogP contribution in [-0.4, -0.2) is 69.5 Å². The largest absolute Gasteiger partial charge is 0.368 e. The van der Waals surface area contributed by atoms with Gasteiger partial charge in [-0.05, 0) is 36.4 Å². The molecule has 2 aliphatic heterocycles. The Balaban J connectivity index is 1.33. The molecule has 0 N–H and O–H groups in total. The maximum atomic E-state index is 12.5. The molecule has 1 amide bonds. The van der Waals surface area contributed by atoms with Gasteiger partial charge in [0.15, 0.2) is 11.5 Å². The Morgan fingerprint density at radius 3 is 2.78 bits per heavy atom. The van der Waals surface area contributed by atoms with E-state index in [4.69, 9.17) is 9.84 Å². The summed E-state index contributed by atoms with van der Waals surface area (Å²) in [4.78, 5) is 16.6. The van der Waals surface area contributed by atoms with Gasteiger partial charge in [-0.3, -0.25) is 4.79 Å². The van der Waals surface area contributed by atoms with Crippen molar-refractivity contribution in [2.45, 2.75) is 18.9 Å². The molecule has 8 nitrogen and oxygen atoms in total. The normalized spacial score (nSPS) is 20.5.